The number of rotatable bonds is 21. The molecule has 0 atom stereocenters. The lowest BCUT2D eigenvalue weighted by Crippen LogP contribution is -2.36. The number of nitro benzene ring substituents is 6. The number of phosphoric acid groups is 1. The Morgan fingerprint density at radius 1 is 0.227 bits per heavy atom. The molecule has 12 rings (SSSR count). The lowest BCUT2D eigenvalue weighted by Gasteiger charge is -2.36. The quantitative estimate of drug-likeness (QED) is 0.0366. The number of hydrogen-bond donors (Lipinski definition) is 0. The Hall–Kier alpha value is -11.6. The smallest absolute Gasteiger partial charge is 0.276 e. The van der Waals surface area contributed by atoms with Crippen LogP contribution in [0.1, 0.15) is 66.8 Å². The van der Waals surface area contributed by atoms with Gasteiger partial charge < -0.3 is 19.2 Å². The first-order valence-electron chi connectivity index (χ1n) is 34.4. The maximum atomic E-state index is 11.7. The molecule has 12 aromatic carbocycles. The van der Waals surface area contributed by atoms with Crippen LogP contribution in [0.5, 0.6) is 0 Å². The first-order chi connectivity index (χ1) is 52.2. The van der Waals surface area contributed by atoms with E-state index in [4.69, 9.17) is 19.2 Å². The van der Waals surface area contributed by atoms with Crippen LogP contribution < -0.4 is 62.4 Å². The van der Waals surface area contributed by atoms with Crippen LogP contribution in [0.15, 0.2) is 273 Å². The molecule has 0 aromatic heterocycles. The molecule has 0 saturated carbocycles. The van der Waals surface area contributed by atoms with Crippen molar-refractivity contribution in [1.82, 2.24) is 0 Å². The third-order valence-electron chi connectivity index (χ3n) is 19.2. The van der Waals surface area contributed by atoms with Gasteiger partial charge >= 0.3 is 0 Å². The molecule has 0 spiro atoms. The molecule has 0 aliphatic carbocycles. The molecule has 0 bridgehead atoms. The molecule has 0 saturated heterocycles. The number of nitrogens with zero attached hydrogens (tertiary/aromatic N) is 6. The Morgan fingerprint density at radius 2 is 0.336 bits per heavy atom. The van der Waals surface area contributed by atoms with Gasteiger partial charge in [0.25, 0.3) is 34.1 Å². The largest absolute Gasteiger partial charge is 0.822 e. The van der Waals surface area contributed by atoms with Crippen LogP contribution in [-0.4, -0.2) is 29.5 Å². The molecule has 0 N–H and O–H groups in total. The number of non-ortho nitro benzene ring substituents is 6. The lowest BCUT2D eigenvalue weighted by atomic mass is 10.2. The fraction of sp³-hybridized carbons (Fsp3) is 0.143. The van der Waals surface area contributed by atoms with E-state index in [-0.39, 0.29) is 34.1 Å². The summed E-state index contributed by atoms with van der Waals surface area (Å²) in [5.41, 5.74) is 10.2. The number of nitro groups is 6. The maximum absolute atomic E-state index is 11.7. The molecule has 0 aliphatic heterocycles. The predicted molar refractivity (Wildman–Crippen MR) is 436 cm³/mol. The third kappa shape index (κ3) is 18.8. The van der Waals surface area contributed by atoms with Crippen molar-refractivity contribution in [2.45, 2.75) is 80.8 Å². The second-order valence-corrected chi connectivity index (χ2v) is 37.6. The number of benzene rings is 12. The second kappa shape index (κ2) is 35.6. The van der Waals surface area contributed by atoms with Gasteiger partial charge in [0, 0.05) is 53.1 Å². The van der Waals surface area contributed by atoms with Gasteiger partial charge in [-0.15, -0.1) is 0 Å². The van der Waals surface area contributed by atoms with Gasteiger partial charge in [-0.05, 0) is 167 Å². The highest BCUT2D eigenvalue weighted by Gasteiger charge is 2.52. The van der Waals surface area contributed by atoms with E-state index < -0.39 is 59.2 Å². The maximum Gasteiger partial charge on any atom is 0.276 e. The lowest BCUT2D eigenvalue weighted by molar-refractivity contribution is -0.432. The molecule has 110 heavy (non-hydrogen) atoms. The average Bonchev–Trinajstić information content (AvgIpc) is 0.744. The molecule has 0 radical (unpaired) electrons. The summed E-state index contributed by atoms with van der Waals surface area (Å²) in [5.74, 6) is 0. The van der Waals surface area contributed by atoms with Gasteiger partial charge in [-0.2, -0.15) is 7.82 Å². The molecular formula is C84H78N6O16P4. The van der Waals surface area contributed by atoms with Crippen LogP contribution in [-0.2, 0) is 23.1 Å². The van der Waals surface area contributed by atoms with E-state index in [1.807, 2.05) is 109 Å². The van der Waals surface area contributed by atoms with Crippen LogP contribution in [0.2, 0.25) is 0 Å². The fourth-order valence-electron chi connectivity index (χ4n) is 14.6. The molecule has 0 unspecified atom stereocenters. The average molecular weight is 1550 g/mol. The SMILES string of the molecule is Cc1ccccc1[P+](Cc1cc([N+](=O)[O-])cc([N+](=O)[O-])c1)(c1ccccc1C)c1ccccc1C.Cc1ccccc1[P+](Cc1cc([N+](=O)[O-])cc([N+](=O)[O-])c1)(c1ccccc1C)c1ccccc1C.Cc1ccccc1[P+](Cc1cc([N+](=O)[O-])cc([N+](=O)[O-])c1)(c1ccccc1C)c1ccccc1C.O=P([O-])([O-])[O-]. The number of aryl methyl sites for hydroxylation is 9. The van der Waals surface area contributed by atoms with Crippen molar-refractivity contribution in [2.24, 2.45) is 0 Å². The zero-order chi connectivity index (χ0) is 80.0. The minimum absolute atomic E-state index is 0.272. The summed E-state index contributed by atoms with van der Waals surface area (Å²) in [6.45, 7) is 18.7. The summed E-state index contributed by atoms with van der Waals surface area (Å²) >= 11 is 0. The van der Waals surface area contributed by atoms with Crippen molar-refractivity contribution < 1.29 is 48.8 Å². The first kappa shape index (κ1) is 82.5. The molecule has 0 fully saturated rings. The summed E-state index contributed by atoms with van der Waals surface area (Å²) in [5, 5.41) is 80.4. The van der Waals surface area contributed by atoms with Gasteiger partial charge in [-0.25, -0.2) is 0 Å². The van der Waals surface area contributed by atoms with Gasteiger partial charge in [0.05, 0.1) is 66.2 Å². The minimum atomic E-state index is -5.39. The molecule has 0 amide bonds. The van der Waals surface area contributed by atoms with Gasteiger partial charge in [0.15, 0.2) is 0 Å². The summed E-state index contributed by atoms with van der Waals surface area (Å²) in [6.07, 6.45) is 1.28. The topological polar surface area (TPSA) is 345 Å². The van der Waals surface area contributed by atoms with Gasteiger partial charge in [0.2, 0.25) is 0 Å². The van der Waals surface area contributed by atoms with Crippen LogP contribution in [0.4, 0.5) is 34.1 Å². The summed E-state index contributed by atoms with van der Waals surface area (Å²) < 4.78 is 8.55. The first-order valence-corrected chi connectivity index (χ1v) is 41.8. The highest BCUT2D eigenvalue weighted by Crippen LogP contribution is 2.63. The molecular weight excluding hydrogens is 1470 g/mol. The van der Waals surface area contributed by atoms with Crippen LogP contribution in [0.25, 0.3) is 0 Å². The van der Waals surface area contributed by atoms with Crippen molar-refractivity contribution in [2.75, 3.05) is 0 Å². The van der Waals surface area contributed by atoms with Crippen molar-refractivity contribution in [3.8, 4) is 0 Å². The number of hydrogen-bond acceptors (Lipinski definition) is 16. The van der Waals surface area contributed by atoms with E-state index in [0.29, 0.717) is 35.2 Å². The van der Waals surface area contributed by atoms with Gasteiger partial charge in [-0.1, -0.05) is 164 Å². The zero-order valence-corrected chi connectivity index (χ0v) is 65.2. The Morgan fingerprint density at radius 3 is 0.436 bits per heavy atom. The fourth-order valence-corrected chi connectivity index (χ4v) is 29.8. The second-order valence-electron chi connectivity index (χ2n) is 26.5. The van der Waals surface area contributed by atoms with E-state index in [1.54, 1.807) is 0 Å². The highest BCUT2D eigenvalue weighted by atomic mass is 31.2. The van der Waals surface area contributed by atoms with Crippen LogP contribution in [0, 0.1) is 123 Å². The molecule has 26 heteroatoms. The standard InChI is InChI=1S/3C28H26N2O4P.H3O4P/c3*1-20-10-4-7-13-26(20)35(27-14-8-5-11-21(27)2,28-15-9-6-12-22(28)3)19-23-16-24(29(31)32)18-25(17-23)30(33)34;1-5(2,3)4/h3*4-18H,19H2,1-3H3;(H3,1,2,3,4)/q3*+1;/p-3. The normalized spacial score (nSPS) is 11.3. The van der Waals surface area contributed by atoms with Gasteiger partial charge in [-0.3, -0.25) is 60.7 Å². The van der Waals surface area contributed by atoms with E-state index in [0.717, 1.165) is 116 Å². The molecule has 0 heterocycles. The van der Waals surface area contributed by atoms with Crippen LogP contribution in [0.3, 0.4) is 0 Å². The van der Waals surface area contributed by atoms with Gasteiger partial charge in [0.1, 0.15) is 69.5 Å². The highest BCUT2D eigenvalue weighted by molar-refractivity contribution is 7.96. The summed E-state index contributed by atoms with van der Waals surface area (Å²) in [7, 11) is -12.7. The molecule has 560 valence electrons. The van der Waals surface area contributed by atoms with E-state index in [2.05, 4.69) is 172 Å². The third-order valence-corrected chi connectivity index (χ3v) is 33.6. The van der Waals surface area contributed by atoms with E-state index in [1.165, 1.54) is 36.4 Å². The van der Waals surface area contributed by atoms with Crippen molar-refractivity contribution in [3.63, 3.8) is 0 Å². The monoisotopic (exact) mass is 1550 g/mol. The summed E-state index contributed by atoms with van der Waals surface area (Å²) in [4.78, 5) is 92.2. The molecule has 22 nitrogen and oxygen atoms in total. The molecule has 0 aliphatic rings. The minimum Gasteiger partial charge on any atom is -0.822 e. The summed E-state index contributed by atoms with van der Waals surface area (Å²) in [6, 6.07) is 86.1. The Bertz CT molecular complexity index is 4580. The van der Waals surface area contributed by atoms with Crippen molar-refractivity contribution in [3.05, 3.63) is 400 Å². The van der Waals surface area contributed by atoms with E-state index in [9.17, 15) is 60.7 Å². The Kier molecular flexibility index (Phi) is 26.7. The Labute approximate surface area is 638 Å². The van der Waals surface area contributed by atoms with Crippen molar-refractivity contribution in [1.29, 1.82) is 0 Å². The molecule has 12 aromatic rings. The van der Waals surface area contributed by atoms with Crippen LogP contribution >= 0.6 is 29.6 Å². The van der Waals surface area contributed by atoms with E-state index >= 15 is 0 Å². The predicted octanol–water partition coefficient (Wildman–Crippen LogP) is 14.9. The zero-order valence-electron chi connectivity index (χ0n) is 61.6. The Balaban J connectivity index is 0.000000184. The van der Waals surface area contributed by atoms with Crippen molar-refractivity contribution >= 4 is 111 Å².